The van der Waals surface area contributed by atoms with Crippen LogP contribution in [0.25, 0.3) is 0 Å². The third-order valence-corrected chi connectivity index (χ3v) is 3.31. The molecule has 0 amide bonds. The van der Waals surface area contributed by atoms with Crippen LogP contribution in [0, 0.1) is 11.3 Å². The van der Waals surface area contributed by atoms with Crippen molar-refractivity contribution in [2.75, 3.05) is 6.61 Å². The van der Waals surface area contributed by atoms with Gasteiger partial charge in [-0.25, -0.2) is 0 Å². The van der Waals surface area contributed by atoms with Gasteiger partial charge < -0.3 is 5.11 Å². The van der Waals surface area contributed by atoms with Gasteiger partial charge in [-0.15, -0.1) is 0 Å². The monoisotopic (exact) mass is 266 g/mol. The molecule has 3 atom stereocenters. The van der Waals surface area contributed by atoms with Gasteiger partial charge in [-0.05, 0) is 17.7 Å². The Kier molecular flexibility index (Phi) is 3.06. The Labute approximate surface area is 96.9 Å². The van der Waals surface area contributed by atoms with Gasteiger partial charge in [-0.1, -0.05) is 28.1 Å². The minimum Gasteiger partial charge on any atom is -0.395 e. The fourth-order valence-electron chi connectivity index (χ4n) is 1.95. The van der Waals surface area contributed by atoms with E-state index in [1.807, 2.05) is 24.3 Å². The number of hydrogen-bond acceptors (Lipinski definition) is 3. The number of nitriles is 1. The maximum Gasteiger partial charge on any atom is 0.104 e. The minimum absolute atomic E-state index is 0.0100. The molecule has 0 aromatic heterocycles. The van der Waals surface area contributed by atoms with Crippen LogP contribution in [0.4, 0.5) is 0 Å². The number of nitrogens with one attached hydrogen (secondary N) is 1. The van der Waals surface area contributed by atoms with Gasteiger partial charge in [-0.2, -0.15) is 5.26 Å². The van der Waals surface area contributed by atoms with E-state index in [2.05, 4.69) is 27.3 Å². The highest BCUT2D eigenvalue weighted by Gasteiger charge is 2.40. The SMILES string of the molecule is N#C[C@@H]1N[C@@H](CO)[C@H]1c1ccc(Br)cc1. The third kappa shape index (κ3) is 1.91. The molecule has 1 aromatic carbocycles. The molecule has 2 rings (SSSR count). The summed E-state index contributed by atoms with van der Waals surface area (Å²) in [5.74, 6) is 0.105. The molecule has 1 aliphatic rings. The van der Waals surface area contributed by atoms with E-state index in [-0.39, 0.29) is 24.6 Å². The van der Waals surface area contributed by atoms with Crippen molar-refractivity contribution >= 4 is 15.9 Å². The maximum atomic E-state index is 9.10. The van der Waals surface area contributed by atoms with Crippen LogP contribution in [0.15, 0.2) is 28.7 Å². The first-order valence-corrected chi connectivity index (χ1v) is 5.57. The Morgan fingerprint density at radius 3 is 2.60 bits per heavy atom. The number of rotatable bonds is 2. The lowest BCUT2D eigenvalue weighted by Crippen LogP contribution is -2.60. The number of halogens is 1. The van der Waals surface area contributed by atoms with Crippen LogP contribution in [-0.2, 0) is 0 Å². The van der Waals surface area contributed by atoms with Crippen LogP contribution in [0.3, 0.4) is 0 Å². The first kappa shape index (κ1) is 10.6. The summed E-state index contributed by atoms with van der Waals surface area (Å²) < 4.78 is 1.02. The zero-order valence-electron chi connectivity index (χ0n) is 8.02. The molecule has 78 valence electrons. The molecule has 1 aromatic rings. The lowest BCUT2D eigenvalue weighted by Gasteiger charge is -2.41. The number of nitrogens with zero attached hydrogens (tertiary/aromatic N) is 1. The van der Waals surface area contributed by atoms with E-state index in [1.54, 1.807) is 0 Å². The van der Waals surface area contributed by atoms with E-state index in [0.717, 1.165) is 10.0 Å². The first-order chi connectivity index (χ1) is 7.26. The molecule has 0 bridgehead atoms. The number of benzene rings is 1. The molecule has 1 saturated heterocycles. The van der Waals surface area contributed by atoms with Crippen molar-refractivity contribution in [2.45, 2.75) is 18.0 Å². The Morgan fingerprint density at radius 2 is 2.07 bits per heavy atom. The minimum atomic E-state index is -0.177. The van der Waals surface area contributed by atoms with Crippen LogP contribution in [-0.4, -0.2) is 23.8 Å². The molecule has 0 saturated carbocycles. The molecular weight excluding hydrogens is 256 g/mol. The summed E-state index contributed by atoms with van der Waals surface area (Å²) in [7, 11) is 0. The number of hydrogen-bond donors (Lipinski definition) is 2. The molecule has 0 unspecified atom stereocenters. The van der Waals surface area contributed by atoms with Crippen LogP contribution >= 0.6 is 15.9 Å². The third-order valence-electron chi connectivity index (χ3n) is 2.78. The average Bonchev–Trinajstić information content (AvgIpc) is 2.21. The van der Waals surface area contributed by atoms with Crippen molar-refractivity contribution < 1.29 is 5.11 Å². The van der Waals surface area contributed by atoms with Crippen molar-refractivity contribution in [3.63, 3.8) is 0 Å². The molecular formula is C11H11BrN2O. The molecule has 15 heavy (non-hydrogen) atoms. The quantitative estimate of drug-likeness (QED) is 0.851. The summed E-state index contributed by atoms with van der Waals surface area (Å²) in [6.45, 7) is 0.0684. The van der Waals surface area contributed by atoms with Gasteiger partial charge in [-0.3, -0.25) is 5.32 Å². The highest BCUT2D eigenvalue weighted by molar-refractivity contribution is 9.10. The Bertz CT molecular complexity index is 385. The van der Waals surface area contributed by atoms with Crippen molar-refractivity contribution in [3.05, 3.63) is 34.3 Å². The second-order valence-corrected chi connectivity index (χ2v) is 4.56. The van der Waals surface area contributed by atoms with Gasteiger partial charge in [0.15, 0.2) is 0 Å². The first-order valence-electron chi connectivity index (χ1n) is 4.78. The van der Waals surface area contributed by atoms with Gasteiger partial charge in [0.25, 0.3) is 0 Å². The van der Waals surface area contributed by atoms with Crippen LogP contribution in [0.2, 0.25) is 0 Å². The standard InChI is InChI=1S/C11H11BrN2O/c12-8-3-1-7(2-4-8)11-9(5-13)14-10(11)6-15/h1-4,9-11,14-15H,6H2/t9-,10-,11-/m0/s1. The molecule has 1 fully saturated rings. The molecule has 1 heterocycles. The average molecular weight is 267 g/mol. The Morgan fingerprint density at radius 1 is 1.40 bits per heavy atom. The lowest BCUT2D eigenvalue weighted by molar-refractivity contribution is 0.151. The fourth-order valence-corrected chi connectivity index (χ4v) is 2.21. The van der Waals surface area contributed by atoms with Crippen molar-refractivity contribution in [3.8, 4) is 6.07 Å². The normalized spacial score (nSPS) is 29.3. The van der Waals surface area contributed by atoms with Crippen LogP contribution in [0.1, 0.15) is 11.5 Å². The predicted molar refractivity (Wildman–Crippen MR) is 60.3 cm³/mol. The topological polar surface area (TPSA) is 56.0 Å². The fraction of sp³-hybridized carbons (Fsp3) is 0.364. The van der Waals surface area contributed by atoms with Crippen molar-refractivity contribution in [1.29, 1.82) is 5.26 Å². The van der Waals surface area contributed by atoms with E-state index in [0.29, 0.717) is 0 Å². The Balaban J connectivity index is 2.21. The van der Waals surface area contributed by atoms with E-state index in [4.69, 9.17) is 10.4 Å². The van der Waals surface area contributed by atoms with Crippen LogP contribution < -0.4 is 5.32 Å². The molecule has 4 heteroatoms. The summed E-state index contributed by atoms with van der Waals surface area (Å²) >= 11 is 3.37. The maximum absolute atomic E-state index is 9.10. The highest BCUT2D eigenvalue weighted by atomic mass is 79.9. The summed E-state index contributed by atoms with van der Waals surface area (Å²) in [6.07, 6.45) is 0. The zero-order valence-corrected chi connectivity index (χ0v) is 9.61. The predicted octanol–water partition coefficient (Wildman–Crippen LogP) is 1.39. The largest absolute Gasteiger partial charge is 0.395 e. The van der Waals surface area contributed by atoms with Crippen molar-refractivity contribution in [1.82, 2.24) is 5.32 Å². The number of aliphatic hydroxyl groups is 1. The molecule has 0 aliphatic carbocycles. The lowest BCUT2D eigenvalue weighted by atomic mass is 9.78. The smallest absolute Gasteiger partial charge is 0.104 e. The van der Waals surface area contributed by atoms with E-state index >= 15 is 0 Å². The van der Waals surface area contributed by atoms with Crippen molar-refractivity contribution in [2.24, 2.45) is 0 Å². The van der Waals surface area contributed by atoms with Crippen LogP contribution in [0.5, 0.6) is 0 Å². The van der Waals surface area contributed by atoms with Gasteiger partial charge in [0.1, 0.15) is 6.04 Å². The van der Waals surface area contributed by atoms with E-state index in [1.165, 1.54) is 0 Å². The zero-order chi connectivity index (χ0) is 10.8. The molecule has 1 aliphatic heterocycles. The Hall–Kier alpha value is -0.890. The van der Waals surface area contributed by atoms with Gasteiger partial charge in [0.05, 0.1) is 12.7 Å². The van der Waals surface area contributed by atoms with E-state index < -0.39 is 0 Å². The second kappa shape index (κ2) is 4.31. The van der Waals surface area contributed by atoms with Gasteiger partial charge in [0.2, 0.25) is 0 Å². The van der Waals surface area contributed by atoms with Gasteiger partial charge in [0, 0.05) is 16.4 Å². The summed E-state index contributed by atoms with van der Waals surface area (Å²) in [4.78, 5) is 0. The summed E-state index contributed by atoms with van der Waals surface area (Å²) in [5.41, 5.74) is 1.10. The molecule has 2 N–H and O–H groups in total. The molecule has 0 spiro atoms. The van der Waals surface area contributed by atoms with E-state index in [9.17, 15) is 0 Å². The molecule has 0 radical (unpaired) electrons. The summed E-state index contributed by atoms with van der Waals surface area (Å²) in [5, 5.41) is 21.0. The van der Waals surface area contributed by atoms with Gasteiger partial charge >= 0.3 is 0 Å². The second-order valence-electron chi connectivity index (χ2n) is 3.64. The summed E-state index contributed by atoms with van der Waals surface area (Å²) in [6, 6.07) is 9.91. The number of aliphatic hydroxyl groups excluding tert-OH is 1. The highest BCUT2D eigenvalue weighted by Crippen LogP contribution is 2.32. The molecule has 3 nitrogen and oxygen atoms in total.